The second kappa shape index (κ2) is 9.38. The number of benzene rings is 2. The number of nitrogens with zero attached hydrogens (tertiary/aromatic N) is 2. The van der Waals surface area contributed by atoms with Crippen LogP contribution in [0, 0.1) is 13.8 Å². The van der Waals surface area contributed by atoms with Gasteiger partial charge in [-0.1, -0.05) is 23.9 Å². The normalized spacial score (nSPS) is 17.6. The lowest BCUT2D eigenvalue weighted by molar-refractivity contribution is -0.122. The average Bonchev–Trinajstić information content (AvgIpc) is 3.04. The number of thioether (sulfide) groups is 1. The van der Waals surface area contributed by atoms with E-state index in [1.54, 1.807) is 13.3 Å². The van der Waals surface area contributed by atoms with E-state index in [1.807, 2.05) is 56.3 Å². The van der Waals surface area contributed by atoms with E-state index in [0.717, 1.165) is 28.1 Å². The molecule has 0 bridgehead atoms. The number of carbonyl (C=O) groups is 2. The quantitative estimate of drug-likeness (QED) is 0.565. The van der Waals surface area contributed by atoms with Crippen LogP contribution in [0.4, 0.5) is 5.69 Å². The number of carbonyl (C=O) groups excluding carboxylic acids is 2. The summed E-state index contributed by atoms with van der Waals surface area (Å²) >= 11 is 1.20. The van der Waals surface area contributed by atoms with E-state index in [-0.39, 0.29) is 18.2 Å². The average molecular weight is 410 g/mol. The Bertz CT molecular complexity index is 970. The van der Waals surface area contributed by atoms with Gasteiger partial charge in [-0.25, -0.2) is 0 Å². The zero-order valence-corrected chi connectivity index (χ0v) is 17.2. The Morgan fingerprint density at radius 1 is 1.24 bits per heavy atom. The number of nitrogens with one attached hydrogen (secondary N) is 2. The number of ether oxygens (including phenoxy) is 1. The van der Waals surface area contributed by atoms with Crippen LogP contribution in [-0.2, 0) is 9.59 Å². The van der Waals surface area contributed by atoms with Gasteiger partial charge in [0.2, 0.25) is 11.8 Å². The predicted molar refractivity (Wildman–Crippen MR) is 117 cm³/mol. The second-order valence-corrected chi connectivity index (χ2v) is 7.78. The fourth-order valence-electron chi connectivity index (χ4n) is 2.66. The zero-order chi connectivity index (χ0) is 20.8. The molecule has 1 aliphatic rings. The number of anilines is 1. The second-order valence-electron chi connectivity index (χ2n) is 6.59. The van der Waals surface area contributed by atoms with Crippen LogP contribution in [0.15, 0.2) is 52.7 Å². The summed E-state index contributed by atoms with van der Waals surface area (Å²) in [7, 11) is 1.60. The highest BCUT2D eigenvalue weighted by atomic mass is 32.2. The molecule has 0 radical (unpaired) electrons. The molecule has 0 spiro atoms. The maximum atomic E-state index is 12.4. The van der Waals surface area contributed by atoms with Gasteiger partial charge in [-0.2, -0.15) is 5.10 Å². The van der Waals surface area contributed by atoms with Crippen molar-refractivity contribution in [1.82, 2.24) is 5.32 Å². The maximum Gasteiger partial charge on any atom is 0.240 e. The van der Waals surface area contributed by atoms with Crippen molar-refractivity contribution in [3.8, 4) is 5.75 Å². The molecule has 3 rings (SSSR count). The number of aryl methyl sites for hydroxylation is 2. The predicted octanol–water partition coefficient (Wildman–Crippen LogP) is 3.26. The van der Waals surface area contributed by atoms with Gasteiger partial charge in [-0.05, 0) is 60.9 Å². The zero-order valence-electron chi connectivity index (χ0n) is 16.4. The third kappa shape index (κ3) is 5.68. The number of rotatable bonds is 6. The van der Waals surface area contributed by atoms with E-state index in [2.05, 4.69) is 20.8 Å². The number of methoxy groups -OCH3 is 1. The molecule has 1 heterocycles. The number of amides is 2. The molecule has 0 aliphatic carbocycles. The molecule has 2 amide bonds. The summed E-state index contributed by atoms with van der Waals surface area (Å²) < 4.78 is 5.10. The van der Waals surface area contributed by atoms with Crippen LogP contribution in [0.3, 0.4) is 0 Å². The van der Waals surface area contributed by atoms with Crippen molar-refractivity contribution in [3.63, 3.8) is 0 Å². The number of amidine groups is 1. The van der Waals surface area contributed by atoms with Gasteiger partial charge in [0.05, 0.1) is 13.3 Å². The summed E-state index contributed by atoms with van der Waals surface area (Å²) in [5, 5.41) is 13.4. The van der Waals surface area contributed by atoms with Crippen molar-refractivity contribution in [3.05, 3.63) is 59.2 Å². The van der Waals surface area contributed by atoms with Crippen LogP contribution in [-0.4, -0.2) is 35.6 Å². The van der Waals surface area contributed by atoms with Gasteiger partial charge in [0.1, 0.15) is 11.0 Å². The van der Waals surface area contributed by atoms with E-state index in [1.165, 1.54) is 11.8 Å². The molecule has 8 heteroatoms. The topological polar surface area (TPSA) is 92.2 Å². The molecule has 2 aromatic carbocycles. The monoisotopic (exact) mass is 410 g/mol. The van der Waals surface area contributed by atoms with Crippen molar-refractivity contribution in [1.29, 1.82) is 0 Å². The third-order valence-electron chi connectivity index (χ3n) is 4.29. The van der Waals surface area contributed by atoms with Crippen molar-refractivity contribution < 1.29 is 14.3 Å². The van der Waals surface area contributed by atoms with E-state index in [9.17, 15) is 9.59 Å². The fourth-order valence-corrected chi connectivity index (χ4v) is 3.59. The van der Waals surface area contributed by atoms with Gasteiger partial charge < -0.3 is 15.4 Å². The molecule has 1 fully saturated rings. The van der Waals surface area contributed by atoms with Crippen molar-refractivity contribution in [2.45, 2.75) is 25.5 Å². The van der Waals surface area contributed by atoms with Crippen LogP contribution in [0.5, 0.6) is 5.75 Å². The Balaban J connectivity index is 1.56. The molecular formula is C21H22N4O3S. The van der Waals surface area contributed by atoms with Gasteiger partial charge in [0.25, 0.3) is 0 Å². The highest BCUT2D eigenvalue weighted by Crippen LogP contribution is 2.24. The highest BCUT2D eigenvalue weighted by Gasteiger charge is 2.32. The Morgan fingerprint density at radius 3 is 2.72 bits per heavy atom. The minimum absolute atomic E-state index is 0.0606. The van der Waals surface area contributed by atoms with Crippen molar-refractivity contribution in [2.75, 3.05) is 12.4 Å². The molecule has 1 aliphatic heterocycles. The summed E-state index contributed by atoms with van der Waals surface area (Å²) in [6.45, 7) is 3.89. The lowest BCUT2D eigenvalue weighted by Crippen LogP contribution is -2.28. The maximum absolute atomic E-state index is 12.4. The molecule has 1 saturated heterocycles. The van der Waals surface area contributed by atoms with E-state index in [0.29, 0.717) is 5.17 Å². The van der Waals surface area contributed by atoms with Gasteiger partial charge in [-0.15, -0.1) is 5.10 Å². The first-order valence-corrected chi connectivity index (χ1v) is 9.92. The van der Waals surface area contributed by atoms with Gasteiger partial charge in [0.15, 0.2) is 5.17 Å². The van der Waals surface area contributed by atoms with Gasteiger partial charge >= 0.3 is 0 Å². The summed E-state index contributed by atoms with van der Waals surface area (Å²) in [5.74, 6) is 0.299. The van der Waals surface area contributed by atoms with Gasteiger partial charge in [-0.3, -0.25) is 9.59 Å². The highest BCUT2D eigenvalue weighted by molar-refractivity contribution is 8.15. The Hall–Kier alpha value is -3.13. The van der Waals surface area contributed by atoms with Crippen LogP contribution in [0.2, 0.25) is 0 Å². The van der Waals surface area contributed by atoms with Crippen LogP contribution in [0.1, 0.15) is 23.1 Å². The minimum atomic E-state index is -0.532. The van der Waals surface area contributed by atoms with Crippen molar-refractivity contribution >= 4 is 40.6 Å². The smallest absolute Gasteiger partial charge is 0.240 e. The summed E-state index contributed by atoms with van der Waals surface area (Å²) in [6.07, 6.45) is 1.64. The lowest BCUT2D eigenvalue weighted by Gasteiger charge is -2.10. The molecule has 2 N–H and O–H groups in total. The molecule has 0 saturated carbocycles. The number of hydrogen-bond acceptors (Lipinski definition) is 6. The largest absolute Gasteiger partial charge is 0.497 e. The number of hydrogen-bond donors (Lipinski definition) is 2. The summed E-state index contributed by atoms with van der Waals surface area (Å²) in [4.78, 5) is 24.5. The van der Waals surface area contributed by atoms with E-state index < -0.39 is 5.25 Å². The summed E-state index contributed by atoms with van der Waals surface area (Å²) in [6, 6.07) is 13.2. The Labute approximate surface area is 173 Å². The van der Waals surface area contributed by atoms with Gasteiger partial charge in [0, 0.05) is 12.1 Å². The molecule has 1 atom stereocenters. The van der Waals surface area contributed by atoms with Crippen LogP contribution in [0.25, 0.3) is 0 Å². The first kappa shape index (κ1) is 20.6. The first-order chi connectivity index (χ1) is 13.9. The van der Waals surface area contributed by atoms with E-state index in [4.69, 9.17) is 4.74 Å². The lowest BCUT2D eigenvalue weighted by atomic mass is 10.1. The Morgan fingerprint density at radius 2 is 2.00 bits per heavy atom. The third-order valence-corrected chi connectivity index (χ3v) is 5.36. The Kier molecular flexibility index (Phi) is 6.66. The fraction of sp³-hybridized carbons (Fsp3) is 0.238. The van der Waals surface area contributed by atoms with Crippen LogP contribution < -0.4 is 15.4 Å². The van der Waals surface area contributed by atoms with E-state index >= 15 is 0 Å². The van der Waals surface area contributed by atoms with Crippen molar-refractivity contribution in [2.24, 2.45) is 10.2 Å². The molecule has 150 valence electrons. The molecule has 29 heavy (non-hydrogen) atoms. The van der Waals surface area contributed by atoms with Crippen LogP contribution >= 0.6 is 11.8 Å². The molecular weight excluding hydrogens is 388 g/mol. The first-order valence-electron chi connectivity index (χ1n) is 9.04. The molecule has 0 aromatic heterocycles. The summed E-state index contributed by atoms with van der Waals surface area (Å²) in [5.41, 5.74) is 3.65. The SMILES string of the molecule is COc1ccc(/C=N\N=C2/NC(=O)[C@H](CC(=O)Nc3cc(C)ccc3C)S2)cc1. The molecule has 0 unspecified atom stereocenters. The molecule has 7 nitrogen and oxygen atoms in total. The standard InChI is InChI=1S/C21H22N4O3S/c1-13-4-5-14(2)17(10-13)23-19(26)11-18-20(27)24-21(29-18)25-22-12-15-6-8-16(28-3)9-7-15/h4-10,12,18H,11H2,1-3H3,(H,23,26)(H,24,25,27)/b22-12-/t18-/m0/s1. The molecule has 2 aromatic rings. The minimum Gasteiger partial charge on any atom is -0.497 e.